The van der Waals surface area contributed by atoms with Crippen molar-refractivity contribution in [1.29, 1.82) is 0 Å². The number of pyridine rings is 1. The molecule has 2 N–H and O–H groups in total. The van der Waals surface area contributed by atoms with Gasteiger partial charge in [0.2, 0.25) is 5.95 Å². The van der Waals surface area contributed by atoms with Gasteiger partial charge in [-0.15, -0.1) is 0 Å². The summed E-state index contributed by atoms with van der Waals surface area (Å²) in [6.45, 7) is 3.38. The third-order valence-electron chi connectivity index (χ3n) is 6.51. The van der Waals surface area contributed by atoms with Crippen molar-refractivity contribution < 1.29 is 18.3 Å². The van der Waals surface area contributed by atoms with Crippen LogP contribution in [0.2, 0.25) is 0 Å². The van der Waals surface area contributed by atoms with Crippen LogP contribution in [0.25, 0.3) is 16.8 Å². The first kappa shape index (κ1) is 26.4. The number of aromatic nitrogens is 3. The van der Waals surface area contributed by atoms with E-state index in [0.29, 0.717) is 28.1 Å². The lowest BCUT2D eigenvalue weighted by atomic mass is 9.39. The van der Waals surface area contributed by atoms with Crippen LogP contribution in [-0.4, -0.2) is 92.2 Å². The van der Waals surface area contributed by atoms with Crippen molar-refractivity contribution in [3.8, 4) is 16.8 Å². The molecule has 0 saturated carbocycles. The zero-order chi connectivity index (χ0) is 26.4. The number of aliphatic hydroxyl groups is 1. The summed E-state index contributed by atoms with van der Waals surface area (Å²) in [5.74, 6) is -1.04. The van der Waals surface area contributed by atoms with Crippen LogP contribution in [0.3, 0.4) is 0 Å². The quantitative estimate of drug-likeness (QED) is 0.411. The molecular formula is C23H22B4F3N5O. The Morgan fingerprint density at radius 2 is 1.81 bits per heavy atom. The van der Waals surface area contributed by atoms with Crippen molar-refractivity contribution >= 4 is 37.1 Å². The summed E-state index contributed by atoms with van der Waals surface area (Å²) in [4.78, 5) is 5.08. The average molecular weight is 485 g/mol. The molecule has 13 heteroatoms. The van der Waals surface area contributed by atoms with Crippen molar-refractivity contribution in [3.05, 3.63) is 59.7 Å². The topological polar surface area (TPSA) is 66.2 Å². The Labute approximate surface area is 213 Å². The van der Waals surface area contributed by atoms with Crippen LogP contribution < -0.4 is 5.32 Å². The zero-order valence-corrected chi connectivity index (χ0v) is 19.9. The number of halogens is 3. The zero-order valence-electron chi connectivity index (χ0n) is 19.9. The number of likely N-dealkylation sites (tertiary alicyclic amines) is 1. The highest BCUT2D eigenvalue weighted by Crippen LogP contribution is 2.29. The fraction of sp³-hybridized carbons (Fsp3) is 0.391. The molecule has 1 aliphatic heterocycles. The highest BCUT2D eigenvalue weighted by Gasteiger charge is 2.42. The highest BCUT2D eigenvalue weighted by molar-refractivity contribution is 6.53. The van der Waals surface area contributed by atoms with Gasteiger partial charge in [-0.25, -0.2) is 18.4 Å². The predicted molar refractivity (Wildman–Crippen MR) is 135 cm³/mol. The minimum atomic E-state index is -2.43. The van der Waals surface area contributed by atoms with Gasteiger partial charge in [-0.3, -0.25) is 0 Å². The Hall–Kier alpha value is -2.65. The van der Waals surface area contributed by atoms with Gasteiger partial charge in [-0.2, -0.15) is 9.49 Å². The average Bonchev–Trinajstić information content (AvgIpc) is 3.27. The first-order valence-electron chi connectivity index (χ1n) is 11.3. The maximum Gasteiger partial charge on any atom is 0.220 e. The molecule has 1 aliphatic rings. The second-order valence-electron chi connectivity index (χ2n) is 9.28. The molecule has 178 valence electrons. The van der Waals surface area contributed by atoms with E-state index in [-0.39, 0.29) is 30.9 Å². The van der Waals surface area contributed by atoms with Gasteiger partial charge >= 0.3 is 0 Å². The van der Waals surface area contributed by atoms with E-state index >= 15 is 0 Å². The standard InChI is InChI=1S/C23H22B4F3N5O/c1-12-6-20(13(2)5-17(12)28)35-10-14(8-32-35)16-7-15(9-31-21(16)30)33-19-3-4-34(11-18(19)29)22(24,25)23(26,27)36/h5-10,18-19,33,36H,3-4,11H2,1-2H3. The second kappa shape index (κ2) is 9.67. The first-order valence-corrected chi connectivity index (χ1v) is 11.3. The molecule has 1 aromatic carbocycles. The largest absolute Gasteiger partial charge is 0.409 e. The molecule has 6 nitrogen and oxygen atoms in total. The molecule has 0 spiro atoms. The minimum absolute atomic E-state index is 0.162. The molecule has 2 aromatic heterocycles. The summed E-state index contributed by atoms with van der Waals surface area (Å²) in [7, 11) is 22.5. The van der Waals surface area contributed by atoms with Crippen LogP contribution >= 0.6 is 0 Å². The Kier molecular flexibility index (Phi) is 7.09. The fourth-order valence-electron chi connectivity index (χ4n) is 4.21. The van der Waals surface area contributed by atoms with Gasteiger partial charge in [-0.05, 0) is 66.9 Å². The number of benzene rings is 1. The van der Waals surface area contributed by atoms with Gasteiger partial charge in [0.05, 0.1) is 61.2 Å². The van der Waals surface area contributed by atoms with E-state index in [1.165, 1.54) is 34.1 Å². The van der Waals surface area contributed by atoms with Crippen molar-refractivity contribution in [2.45, 2.75) is 43.2 Å². The van der Waals surface area contributed by atoms with E-state index in [1.54, 1.807) is 26.1 Å². The van der Waals surface area contributed by atoms with E-state index in [2.05, 4.69) is 15.4 Å². The second-order valence-corrected chi connectivity index (χ2v) is 9.28. The highest BCUT2D eigenvalue weighted by atomic mass is 19.1. The third kappa shape index (κ3) is 5.09. The van der Waals surface area contributed by atoms with Crippen molar-refractivity contribution in [3.63, 3.8) is 0 Å². The van der Waals surface area contributed by atoms with Crippen LogP contribution in [0, 0.1) is 25.6 Å². The number of rotatable bonds is 6. The molecule has 1 saturated heterocycles. The molecule has 0 amide bonds. The summed E-state index contributed by atoms with van der Waals surface area (Å²) < 4.78 is 45.0. The normalized spacial score (nSPS) is 19.4. The van der Waals surface area contributed by atoms with E-state index < -0.39 is 28.9 Å². The van der Waals surface area contributed by atoms with E-state index in [1.807, 2.05) is 0 Å². The van der Waals surface area contributed by atoms with Gasteiger partial charge in [0.25, 0.3) is 0 Å². The molecule has 2 unspecified atom stereocenters. The summed E-state index contributed by atoms with van der Waals surface area (Å²) in [6, 6.07) is 3.93. The van der Waals surface area contributed by atoms with Crippen molar-refractivity contribution in [1.82, 2.24) is 19.7 Å². The number of nitrogens with one attached hydrogen (secondary N) is 1. The van der Waals surface area contributed by atoms with Gasteiger partial charge in [0, 0.05) is 23.9 Å². The summed E-state index contributed by atoms with van der Waals surface area (Å²) in [6.07, 6.45) is 3.16. The summed E-state index contributed by atoms with van der Waals surface area (Å²) in [5.41, 5.74) is 2.79. The molecular weight excluding hydrogens is 463 g/mol. The van der Waals surface area contributed by atoms with Crippen LogP contribution in [-0.2, 0) is 0 Å². The smallest absolute Gasteiger partial charge is 0.220 e. The van der Waals surface area contributed by atoms with Gasteiger partial charge < -0.3 is 15.3 Å². The van der Waals surface area contributed by atoms with Gasteiger partial charge in [0.15, 0.2) is 0 Å². The van der Waals surface area contributed by atoms with Crippen LogP contribution in [0.5, 0.6) is 0 Å². The summed E-state index contributed by atoms with van der Waals surface area (Å²) in [5, 5.41) is 12.7. The lowest BCUT2D eigenvalue weighted by Crippen LogP contribution is -2.69. The van der Waals surface area contributed by atoms with Gasteiger partial charge in [0.1, 0.15) is 12.0 Å². The van der Waals surface area contributed by atoms with E-state index in [0.717, 1.165) is 0 Å². The maximum absolute atomic E-state index is 15.0. The maximum atomic E-state index is 15.0. The lowest BCUT2D eigenvalue weighted by Gasteiger charge is -2.52. The molecule has 8 radical (unpaired) electrons. The number of nitrogens with zero attached hydrogens (tertiary/aromatic N) is 4. The number of anilines is 1. The monoisotopic (exact) mass is 485 g/mol. The number of piperidine rings is 1. The number of hydrogen-bond donors (Lipinski definition) is 2. The van der Waals surface area contributed by atoms with Gasteiger partial charge in [-0.1, -0.05) is 0 Å². The Bertz CT molecular complexity index is 1270. The summed E-state index contributed by atoms with van der Waals surface area (Å²) >= 11 is 0. The first-order chi connectivity index (χ1) is 16.8. The number of alkyl halides is 1. The number of aryl methyl sites for hydroxylation is 2. The molecule has 3 heterocycles. The minimum Gasteiger partial charge on any atom is -0.409 e. The lowest BCUT2D eigenvalue weighted by molar-refractivity contribution is 0.0439. The van der Waals surface area contributed by atoms with E-state index in [9.17, 15) is 18.3 Å². The third-order valence-corrected chi connectivity index (χ3v) is 6.51. The molecule has 36 heavy (non-hydrogen) atoms. The predicted octanol–water partition coefficient (Wildman–Crippen LogP) is 1.63. The van der Waals surface area contributed by atoms with E-state index in [4.69, 9.17) is 31.4 Å². The molecule has 1 fully saturated rings. The molecule has 0 bridgehead atoms. The van der Waals surface area contributed by atoms with Crippen LogP contribution in [0.4, 0.5) is 18.9 Å². The number of hydrogen-bond acceptors (Lipinski definition) is 5. The molecule has 0 aliphatic carbocycles. The fourth-order valence-corrected chi connectivity index (χ4v) is 4.21. The Balaban J connectivity index is 1.52. The van der Waals surface area contributed by atoms with Crippen molar-refractivity contribution in [2.24, 2.45) is 0 Å². The Morgan fingerprint density at radius 1 is 1.08 bits per heavy atom. The Morgan fingerprint density at radius 3 is 2.47 bits per heavy atom. The molecule has 4 rings (SSSR count). The SMILES string of the molecule is [B]C([B])(O)C([B])([B])N1CCC(Nc2cnc(F)c(-c3cnn(-c4cc(C)c(F)cc4C)c3)c2)C(F)C1. The molecule has 3 aromatic rings. The van der Waals surface area contributed by atoms with Crippen LogP contribution in [0.15, 0.2) is 36.8 Å². The van der Waals surface area contributed by atoms with Crippen molar-refractivity contribution in [2.75, 3.05) is 18.4 Å². The molecule has 2 atom stereocenters. The van der Waals surface area contributed by atoms with Crippen LogP contribution in [0.1, 0.15) is 17.5 Å².